The van der Waals surface area contributed by atoms with Gasteiger partial charge in [0.1, 0.15) is 24.4 Å². The second-order valence-electron chi connectivity index (χ2n) is 13.9. The molecule has 2 aromatic rings. The van der Waals surface area contributed by atoms with Crippen LogP contribution in [0.25, 0.3) is 33.4 Å². The molecule has 53 heavy (non-hydrogen) atoms. The Morgan fingerprint density at radius 1 is 0.962 bits per heavy atom. The molecule has 2 heterocycles. The zero-order valence-corrected chi connectivity index (χ0v) is 34.4. The predicted molar refractivity (Wildman–Crippen MR) is 213 cm³/mol. The number of nitriles is 1. The van der Waals surface area contributed by atoms with Gasteiger partial charge in [0.05, 0.1) is 31.3 Å². The molecule has 5 rings (SSSR count). The number of amides is 1. The zero-order valence-electron chi connectivity index (χ0n) is 32.8. The van der Waals surface area contributed by atoms with Crippen molar-refractivity contribution in [3.8, 4) is 28.5 Å². The summed E-state index contributed by atoms with van der Waals surface area (Å²) < 4.78 is 24.1. The van der Waals surface area contributed by atoms with E-state index in [4.69, 9.17) is 18.7 Å². The number of rotatable bonds is 15. The summed E-state index contributed by atoms with van der Waals surface area (Å²) in [5.74, 6) is 0.823. The van der Waals surface area contributed by atoms with Gasteiger partial charge in [-0.25, -0.2) is 9.25 Å². The topological polar surface area (TPSA) is 85.2 Å². The van der Waals surface area contributed by atoms with Crippen LogP contribution in [0.4, 0.5) is 5.69 Å². The summed E-state index contributed by atoms with van der Waals surface area (Å²) in [5.41, 5.74) is 5.50. The molecule has 1 amide bonds. The lowest BCUT2D eigenvalue weighted by atomic mass is 9.90. The van der Waals surface area contributed by atoms with Gasteiger partial charge in [-0.1, -0.05) is 18.2 Å². The second-order valence-corrected chi connectivity index (χ2v) is 15.3. The van der Waals surface area contributed by atoms with Crippen LogP contribution in [-0.2, 0) is 9.05 Å². The Morgan fingerprint density at radius 3 is 2.26 bits per heavy atom. The number of nitrogens with zero attached hydrogens (tertiary/aromatic N) is 5. The highest BCUT2D eigenvalue weighted by molar-refractivity contribution is 7.44. The minimum absolute atomic E-state index is 0. The van der Waals surface area contributed by atoms with Crippen molar-refractivity contribution in [2.24, 2.45) is 0 Å². The van der Waals surface area contributed by atoms with Gasteiger partial charge in [-0.2, -0.15) is 5.26 Å². The number of anilines is 1. The molecule has 3 aliphatic rings. The van der Waals surface area contributed by atoms with E-state index in [0.29, 0.717) is 31.7 Å². The van der Waals surface area contributed by atoms with Crippen LogP contribution in [0.2, 0.25) is 0 Å². The lowest BCUT2D eigenvalue weighted by molar-refractivity contribution is -0.0000332. The van der Waals surface area contributed by atoms with E-state index in [1.807, 2.05) is 23.1 Å². The predicted octanol–water partition coefficient (Wildman–Crippen LogP) is 5.76. The maximum absolute atomic E-state index is 14.5. The largest absolute Gasteiger partial charge is 1.00 e. The molecule has 0 saturated carbocycles. The molecule has 1 fully saturated rings. The van der Waals surface area contributed by atoms with Gasteiger partial charge >= 0.3 is 0 Å². The van der Waals surface area contributed by atoms with Crippen molar-refractivity contribution in [1.82, 2.24) is 14.1 Å². The smallest absolute Gasteiger partial charge is 0.259 e. The van der Waals surface area contributed by atoms with Gasteiger partial charge in [-0.3, -0.25) is 4.79 Å². The molecule has 1 saturated heterocycles. The quantitative estimate of drug-likeness (QED) is 0.0660. The molecule has 286 valence electrons. The molecule has 2 aliphatic heterocycles. The monoisotopic (exact) mass is 761 g/mol. The summed E-state index contributed by atoms with van der Waals surface area (Å²) in [6.07, 6.45) is 1.73. The molecule has 9 nitrogen and oxygen atoms in total. The molecule has 1 atom stereocenters. The summed E-state index contributed by atoms with van der Waals surface area (Å²) in [7, 11) is -1.33. The van der Waals surface area contributed by atoms with Gasteiger partial charge in [0, 0.05) is 78.2 Å². The van der Waals surface area contributed by atoms with Gasteiger partial charge in [-0.15, -0.1) is 0 Å². The van der Waals surface area contributed by atoms with Crippen molar-refractivity contribution < 1.29 is 30.7 Å². The number of benzene rings is 3. The number of likely N-dealkylation sites (tertiary alicyclic amines) is 1. The number of hydrogen-bond acceptors (Lipinski definition) is 7. The first kappa shape index (κ1) is 42.2. The summed E-state index contributed by atoms with van der Waals surface area (Å²) in [6.45, 7) is 22.4. The minimum Gasteiger partial charge on any atom is -1.00 e. The highest BCUT2D eigenvalue weighted by Crippen LogP contribution is 2.48. The van der Waals surface area contributed by atoms with E-state index in [-0.39, 0.29) is 36.5 Å². The van der Waals surface area contributed by atoms with Gasteiger partial charge < -0.3 is 35.7 Å². The van der Waals surface area contributed by atoms with Crippen molar-refractivity contribution in [3.05, 3.63) is 71.6 Å². The Balaban J connectivity index is 0.00000627. The number of fused-ring (bicyclic) bond motifs is 2. The van der Waals surface area contributed by atoms with Crippen LogP contribution in [0.5, 0.6) is 0 Å². The average Bonchev–Trinajstić information content (AvgIpc) is 3.14. The van der Waals surface area contributed by atoms with E-state index in [1.54, 1.807) is 0 Å². The Kier molecular flexibility index (Phi) is 15.7. The molecule has 0 aromatic heterocycles. The normalized spacial score (nSPS) is 14.2. The van der Waals surface area contributed by atoms with E-state index < -0.39 is 8.53 Å². The maximum Gasteiger partial charge on any atom is 0.259 e. The fourth-order valence-electron chi connectivity index (χ4n) is 7.37. The summed E-state index contributed by atoms with van der Waals surface area (Å²) >= 11 is 0. The first-order valence-corrected chi connectivity index (χ1v) is 20.3. The highest BCUT2D eigenvalue weighted by atomic mass is 35.5. The van der Waals surface area contributed by atoms with Crippen LogP contribution >= 0.6 is 8.53 Å². The molecule has 11 heteroatoms. The van der Waals surface area contributed by atoms with Crippen LogP contribution in [0.3, 0.4) is 0 Å². The highest BCUT2D eigenvalue weighted by Gasteiger charge is 2.33. The first-order valence-electron chi connectivity index (χ1n) is 19.1. The van der Waals surface area contributed by atoms with Gasteiger partial charge in [0.15, 0.2) is 0 Å². The third-order valence-corrected chi connectivity index (χ3v) is 12.2. The van der Waals surface area contributed by atoms with Gasteiger partial charge in [0.2, 0.25) is 5.36 Å². The molecular formula is C42H57ClN5O4P. The number of hydrogen-bond donors (Lipinski definition) is 0. The van der Waals surface area contributed by atoms with E-state index in [0.717, 1.165) is 83.5 Å². The Bertz CT molecular complexity index is 1880. The molecule has 0 bridgehead atoms. The Hall–Kier alpha value is -3.51. The number of piperidine rings is 1. The summed E-state index contributed by atoms with van der Waals surface area (Å²) in [5, 5.41) is 11.2. The molecular weight excluding hydrogens is 705 g/mol. The molecule has 1 aliphatic carbocycles. The van der Waals surface area contributed by atoms with Crippen molar-refractivity contribution in [2.75, 3.05) is 50.8 Å². The van der Waals surface area contributed by atoms with Gasteiger partial charge in [0.25, 0.3) is 14.4 Å². The van der Waals surface area contributed by atoms with E-state index in [1.165, 1.54) is 0 Å². The third-order valence-electron chi connectivity index (χ3n) is 10.0. The molecule has 0 N–H and O–H groups in total. The maximum atomic E-state index is 14.5. The van der Waals surface area contributed by atoms with Crippen molar-refractivity contribution >= 4 is 31.1 Å². The van der Waals surface area contributed by atoms with Crippen molar-refractivity contribution in [1.29, 1.82) is 5.26 Å². The fraction of sp³-hybridized carbons (Fsp3) is 0.500. The molecule has 1 unspecified atom stereocenters. The lowest BCUT2D eigenvalue weighted by Crippen LogP contribution is -3.00. The van der Waals surface area contributed by atoms with Crippen LogP contribution < -0.4 is 27.2 Å². The molecule has 2 aromatic carbocycles. The average molecular weight is 762 g/mol. The van der Waals surface area contributed by atoms with E-state index in [9.17, 15) is 4.79 Å². The SMILES string of the molecule is CCN(CC)c1ccc2c(-c3ccccc3C(=O)N3CCC(OP(OCCC#N)N(C(C)C)C(C)C)CC3)c3ccc(=[N+](CC)CC)cc-3oc2c1.[Cl-]. The molecule has 0 radical (unpaired) electrons. The Morgan fingerprint density at radius 2 is 1.64 bits per heavy atom. The van der Waals surface area contributed by atoms with E-state index >= 15 is 0 Å². The van der Waals surface area contributed by atoms with Crippen LogP contribution in [0.15, 0.2) is 65.1 Å². The van der Waals surface area contributed by atoms with Crippen LogP contribution in [0, 0.1) is 11.3 Å². The fourth-order valence-corrected chi connectivity index (χ4v) is 9.14. The zero-order chi connectivity index (χ0) is 37.4. The lowest BCUT2D eigenvalue weighted by Gasteiger charge is -2.39. The van der Waals surface area contributed by atoms with Crippen molar-refractivity contribution in [3.63, 3.8) is 0 Å². The standard InChI is InChI=1S/C42H57N5O4P.ClH/c1-9-44(10-2)32-18-20-37-39(28-32)50-40-29-33(45(11-3)12-4)19-21-38(40)41(37)35-16-13-14-17-36(35)42(48)46-25-22-34(23-26-46)51-52(49-27-15-24-43)47(30(5)6)31(7)8;/h13-14,16-21,28-31,34H,9-12,15,22-23,25-27H2,1-8H3;1H/q+1;/p-1. The summed E-state index contributed by atoms with van der Waals surface area (Å²) in [6, 6.07) is 23.6. The van der Waals surface area contributed by atoms with Gasteiger partial charge in [-0.05, 0) is 98.1 Å². The Labute approximate surface area is 323 Å². The number of halogens is 1. The second kappa shape index (κ2) is 19.7. The number of carbonyl (C=O) groups excluding carboxylic acids is 1. The summed E-state index contributed by atoms with van der Waals surface area (Å²) in [4.78, 5) is 18.8. The van der Waals surface area contributed by atoms with E-state index in [2.05, 4.69) is 118 Å². The molecule has 0 spiro atoms. The minimum atomic E-state index is -1.33. The van der Waals surface area contributed by atoms with Crippen molar-refractivity contribution in [2.45, 2.75) is 92.8 Å². The van der Waals surface area contributed by atoms with Crippen LogP contribution in [0.1, 0.15) is 85.0 Å². The third kappa shape index (κ3) is 9.60. The van der Waals surface area contributed by atoms with Crippen LogP contribution in [-0.4, -0.2) is 79.5 Å². The number of carbonyl (C=O) groups is 1. The first-order chi connectivity index (χ1) is 25.1.